The first-order chi connectivity index (χ1) is 13.6. The predicted molar refractivity (Wildman–Crippen MR) is 121 cm³/mol. The molecule has 1 N–H and O–H groups in total. The highest BCUT2D eigenvalue weighted by Gasteiger charge is 2.09. The summed E-state index contributed by atoms with van der Waals surface area (Å²) in [4.78, 5) is 6.93. The van der Waals surface area contributed by atoms with Crippen LogP contribution in [0.5, 0.6) is 0 Å². The maximum absolute atomic E-state index is 11.3. The van der Waals surface area contributed by atoms with E-state index in [1.54, 1.807) is 12.1 Å². The normalized spacial score (nSPS) is 11.9. The Hall–Kier alpha value is -1.86. The van der Waals surface area contributed by atoms with Gasteiger partial charge in [0.25, 0.3) is 0 Å². The molecule has 8 heteroatoms. The summed E-state index contributed by atoms with van der Waals surface area (Å²) in [5.41, 5.74) is 4.64. The van der Waals surface area contributed by atoms with Crippen molar-refractivity contribution in [1.29, 1.82) is 0 Å². The van der Waals surface area contributed by atoms with Crippen molar-refractivity contribution in [1.82, 2.24) is 9.88 Å². The van der Waals surface area contributed by atoms with Crippen LogP contribution in [0, 0.1) is 6.92 Å². The number of nitrogens with zero attached hydrogens (tertiary/aromatic N) is 2. The van der Waals surface area contributed by atoms with Crippen LogP contribution in [-0.2, 0) is 23.0 Å². The molecule has 0 aliphatic heterocycles. The third-order valence-corrected chi connectivity index (χ3v) is 5.91. The van der Waals surface area contributed by atoms with Gasteiger partial charge < -0.3 is 4.90 Å². The molecular formula is C21H23Cl2N3O2S. The quantitative estimate of drug-likeness (QED) is 0.554. The number of hydrogen-bond acceptors (Lipinski definition) is 4. The number of anilines is 1. The number of aryl methyl sites for hydroxylation is 1. The molecule has 0 aliphatic rings. The van der Waals surface area contributed by atoms with Gasteiger partial charge in [-0.05, 0) is 61.9 Å². The third kappa shape index (κ3) is 6.06. The van der Waals surface area contributed by atoms with Gasteiger partial charge in [-0.3, -0.25) is 9.71 Å². The lowest BCUT2D eigenvalue weighted by atomic mass is 10.1. The number of hydrogen-bond donors (Lipinski definition) is 1. The maximum Gasteiger partial charge on any atom is 0.229 e. The summed E-state index contributed by atoms with van der Waals surface area (Å²) in [6, 6.07) is 13.2. The lowest BCUT2D eigenvalue weighted by molar-refractivity contribution is 0.327. The largest absolute Gasteiger partial charge is 0.300 e. The van der Waals surface area contributed by atoms with Crippen molar-refractivity contribution in [3.05, 3.63) is 69.3 Å². The van der Waals surface area contributed by atoms with Crippen LogP contribution in [0.1, 0.15) is 16.8 Å². The molecule has 0 amide bonds. The molecule has 0 atom stereocenters. The Morgan fingerprint density at radius 3 is 2.38 bits per heavy atom. The standard InChI is InChI=1S/C21H23Cl2N3O2S/c1-14-10-17(24-21-12-20(23)19(22)11-18(14)21)13-26(2)9-8-15-4-6-16(7-5-15)25-29(3,27)28/h4-7,10-12,25H,8-9,13H2,1-3H3. The summed E-state index contributed by atoms with van der Waals surface area (Å²) in [6.07, 6.45) is 1.99. The maximum atomic E-state index is 11.3. The van der Waals surface area contributed by atoms with Crippen LogP contribution in [0.15, 0.2) is 42.5 Å². The lowest BCUT2D eigenvalue weighted by Crippen LogP contribution is -2.21. The first-order valence-electron chi connectivity index (χ1n) is 9.11. The van der Waals surface area contributed by atoms with E-state index in [2.05, 4.69) is 22.7 Å². The summed E-state index contributed by atoms with van der Waals surface area (Å²) < 4.78 is 25.0. The zero-order valence-corrected chi connectivity index (χ0v) is 18.9. The minimum absolute atomic E-state index is 0.505. The van der Waals surface area contributed by atoms with Gasteiger partial charge in [-0.15, -0.1) is 0 Å². The molecule has 3 aromatic rings. The highest BCUT2D eigenvalue weighted by atomic mass is 35.5. The Balaban J connectivity index is 1.63. The molecule has 0 bridgehead atoms. The highest BCUT2D eigenvalue weighted by molar-refractivity contribution is 7.92. The molecule has 1 aromatic heterocycles. The summed E-state index contributed by atoms with van der Waals surface area (Å²) in [5.74, 6) is 0. The second-order valence-electron chi connectivity index (χ2n) is 7.27. The van der Waals surface area contributed by atoms with E-state index in [9.17, 15) is 8.42 Å². The minimum atomic E-state index is -3.26. The molecule has 0 radical (unpaired) electrons. The van der Waals surface area contributed by atoms with Crippen LogP contribution in [0.4, 0.5) is 5.69 Å². The minimum Gasteiger partial charge on any atom is -0.300 e. The molecule has 154 valence electrons. The van der Waals surface area contributed by atoms with Gasteiger partial charge in [0.2, 0.25) is 10.0 Å². The fourth-order valence-electron chi connectivity index (χ4n) is 3.17. The van der Waals surface area contributed by atoms with Crippen molar-refractivity contribution >= 4 is 49.8 Å². The van der Waals surface area contributed by atoms with Crippen LogP contribution < -0.4 is 4.72 Å². The second kappa shape index (κ2) is 8.88. The average molecular weight is 452 g/mol. The molecule has 2 aromatic carbocycles. The van der Waals surface area contributed by atoms with Gasteiger partial charge in [-0.1, -0.05) is 35.3 Å². The van der Waals surface area contributed by atoms with E-state index in [0.717, 1.165) is 46.9 Å². The Bertz CT molecular complexity index is 1130. The first kappa shape index (κ1) is 21.8. The number of halogens is 2. The Morgan fingerprint density at radius 2 is 1.72 bits per heavy atom. The van der Waals surface area contributed by atoms with Gasteiger partial charge in [0.05, 0.1) is 27.5 Å². The van der Waals surface area contributed by atoms with E-state index in [1.165, 1.54) is 0 Å². The van der Waals surface area contributed by atoms with E-state index >= 15 is 0 Å². The zero-order chi connectivity index (χ0) is 21.2. The van der Waals surface area contributed by atoms with Gasteiger partial charge in [0.1, 0.15) is 0 Å². The number of nitrogens with one attached hydrogen (secondary N) is 1. The molecule has 0 aliphatic carbocycles. The molecule has 5 nitrogen and oxygen atoms in total. The Morgan fingerprint density at radius 1 is 1.07 bits per heavy atom. The molecule has 0 unspecified atom stereocenters. The van der Waals surface area contributed by atoms with Crippen molar-refractivity contribution in [3.8, 4) is 0 Å². The number of fused-ring (bicyclic) bond motifs is 1. The molecule has 3 rings (SSSR count). The number of sulfonamides is 1. The van der Waals surface area contributed by atoms with E-state index in [1.807, 2.05) is 31.2 Å². The molecular weight excluding hydrogens is 429 g/mol. The Labute approximate surface area is 181 Å². The van der Waals surface area contributed by atoms with Gasteiger partial charge in [0.15, 0.2) is 0 Å². The van der Waals surface area contributed by atoms with Crippen LogP contribution in [-0.4, -0.2) is 38.1 Å². The van der Waals surface area contributed by atoms with E-state index in [4.69, 9.17) is 28.2 Å². The smallest absolute Gasteiger partial charge is 0.229 e. The number of rotatable bonds is 7. The first-order valence-corrected chi connectivity index (χ1v) is 11.8. The topological polar surface area (TPSA) is 62.3 Å². The van der Waals surface area contributed by atoms with E-state index in [0.29, 0.717) is 22.3 Å². The number of pyridine rings is 1. The molecule has 29 heavy (non-hydrogen) atoms. The van der Waals surface area contributed by atoms with E-state index < -0.39 is 10.0 Å². The van der Waals surface area contributed by atoms with Gasteiger partial charge in [-0.2, -0.15) is 0 Å². The van der Waals surface area contributed by atoms with Crippen LogP contribution in [0.3, 0.4) is 0 Å². The van der Waals surface area contributed by atoms with Gasteiger partial charge in [0, 0.05) is 24.2 Å². The molecule has 0 spiro atoms. The average Bonchev–Trinajstić information content (AvgIpc) is 2.62. The van der Waals surface area contributed by atoms with Gasteiger partial charge in [-0.25, -0.2) is 8.42 Å². The van der Waals surface area contributed by atoms with Crippen molar-refractivity contribution in [2.24, 2.45) is 0 Å². The van der Waals surface area contributed by atoms with Crippen molar-refractivity contribution in [3.63, 3.8) is 0 Å². The summed E-state index contributed by atoms with van der Waals surface area (Å²) in [6.45, 7) is 3.60. The zero-order valence-electron chi connectivity index (χ0n) is 16.5. The lowest BCUT2D eigenvalue weighted by Gasteiger charge is -2.17. The van der Waals surface area contributed by atoms with E-state index in [-0.39, 0.29) is 0 Å². The number of benzene rings is 2. The predicted octanol–water partition coefficient (Wildman–Crippen LogP) is 4.90. The fraction of sp³-hybridized carbons (Fsp3) is 0.286. The number of aromatic nitrogens is 1. The second-order valence-corrected chi connectivity index (χ2v) is 9.84. The Kier molecular flexibility index (Phi) is 6.69. The number of likely N-dealkylation sites (N-methyl/N-ethyl adjacent to an activating group) is 1. The van der Waals surface area contributed by atoms with Crippen molar-refractivity contribution < 1.29 is 8.42 Å². The molecule has 1 heterocycles. The third-order valence-electron chi connectivity index (χ3n) is 4.58. The van der Waals surface area contributed by atoms with Crippen molar-refractivity contribution in [2.75, 3.05) is 24.6 Å². The molecule has 0 saturated carbocycles. The molecule has 0 fully saturated rings. The highest BCUT2D eigenvalue weighted by Crippen LogP contribution is 2.29. The monoisotopic (exact) mass is 451 g/mol. The van der Waals surface area contributed by atoms with Crippen LogP contribution >= 0.6 is 23.2 Å². The SMILES string of the molecule is Cc1cc(CN(C)CCc2ccc(NS(C)(=O)=O)cc2)nc2cc(Cl)c(Cl)cc12. The molecule has 0 saturated heterocycles. The van der Waals surface area contributed by atoms with Crippen molar-refractivity contribution in [2.45, 2.75) is 19.9 Å². The van der Waals surface area contributed by atoms with Gasteiger partial charge >= 0.3 is 0 Å². The summed E-state index contributed by atoms with van der Waals surface area (Å²) in [7, 11) is -1.20. The van der Waals surface area contributed by atoms with Crippen LogP contribution in [0.2, 0.25) is 10.0 Å². The summed E-state index contributed by atoms with van der Waals surface area (Å²) >= 11 is 12.3. The summed E-state index contributed by atoms with van der Waals surface area (Å²) in [5, 5.41) is 2.05. The van der Waals surface area contributed by atoms with Crippen LogP contribution in [0.25, 0.3) is 10.9 Å². The fourth-order valence-corrected chi connectivity index (χ4v) is 4.06.